The number of nitrogens with one attached hydrogen (secondary N) is 2. The average molecular weight is 306 g/mol. The molecule has 1 aromatic carbocycles. The maximum absolute atomic E-state index is 12.1. The molecule has 0 unspecified atom stereocenters. The van der Waals surface area contributed by atoms with Crippen LogP contribution in [-0.4, -0.2) is 22.4 Å². The summed E-state index contributed by atoms with van der Waals surface area (Å²) < 4.78 is 1.02. The summed E-state index contributed by atoms with van der Waals surface area (Å²) in [5, 5.41) is 4.32. The van der Waals surface area contributed by atoms with Crippen molar-refractivity contribution in [3.63, 3.8) is 0 Å². The van der Waals surface area contributed by atoms with Crippen LogP contribution >= 0.6 is 22.9 Å². The van der Waals surface area contributed by atoms with Gasteiger partial charge in [0.05, 0.1) is 5.02 Å². The molecule has 0 aliphatic heterocycles. The number of thiophene rings is 1. The molecule has 6 heteroatoms. The van der Waals surface area contributed by atoms with Crippen molar-refractivity contribution in [3.8, 4) is 0 Å². The van der Waals surface area contributed by atoms with Crippen LogP contribution in [0.1, 0.15) is 15.5 Å². The van der Waals surface area contributed by atoms with E-state index >= 15 is 0 Å². The predicted octanol–water partition coefficient (Wildman–Crippen LogP) is 3.25. The third-order valence-corrected chi connectivity index (χ3v) is 4.62. The number of nitrogens with zero attached hydrogens (tertiary/aromatic N) is 1. The van der Waals surface area contributed by atoms with Crippen molar-refractivity contribution in [2.75, 3.05) is 6.54 Å². The van der Waals surface area contributed by atoms with Crippen LogP contribution in [0.5, 0.6) is 0 Å². The molecule has 4 nitrogen and oxygen atoms in total. The zero-order valence-corrected chi connectivity index (χ0v) is 12.1. The third kappa shape index (κ3) is 2.55. The molecule has 0 saturated carbocycles. The molecular weight excluding hydrogens is 294 g/mol. The lowest BCUT2D eigenvalue weighted by Crippen LogP contribution is -2.25. The Morgan fingerprint density at radius 1 is 1.40 bits per heavy atom. The lowest BCUT2D eigenvalue weighted by atomic mass is 10.2. The molecule has 102 valence electrons. The van der Waals surface area contributed by atoms with Crippen molar-refractivity contribution in [2.24, 2.45) is 0 Å². The first-order chi connectivity index (χ1) is 9.75. The SMILES string of the molecule is O=C(NCCc1ncc[nH]1)c1sc2ccccc2c1Cl. The minimum Gasteiger partial charge on any atom is -0.351 e. The van der Waals surface area contributed by atoms with Gasteiger partial charge in [0.15, 0.2) is 0 Å². The van der Waals surface area contributed by atoms with Crippen molar-refractivity contribution in [1.29, 1.82) is 0 Å². The maximum atomic E-state index is 12.1. The van der Waals surface area contributed by atoms with Gasteiger partial charge in [-0.05, 0) is 6.07 Å². The minimum atomic E-state index is -0.136. The number of imidazole rings is 1. The van der Waals surface area contributed by atoms with Crippen LogP contribution in [0.15, 0.2) is 36.7 Å². The van der Waals surface area contributed by atoms with E-state index in [4.69, 9.17) is 11.6 Å². The molecular formula is C14H12ClN3OS. The van der Waals surface area contributed by atoms with Crippen LogP contribution in [-0.2, 0) is 6.42 Å². The highest BCUT2D eigenvalue weighted by Crippen LogP contribution is 2.34. The molecule has 0 saturated heterocycles. The molecule has 20 heavy (non-hydrogen) atoms. The van der Waals surface area contributed by atoms with Crippen LogP contribution in [0, 0.1) is 0 Å². The van der Waals surface area contributed by atoms with Gasteiger partial charge in [-0.1, -0.05) is 29.8 Å². The maximum Gasteiger partial charge on any atom is 0.262 e. The molecule has 0 fully saturated rings. The topological polar surface area (TPSA) is 57.8 Å². The van der Waals surface area contributed by atoms with Gasteiger partial charge in [-0.3, -0.25) is 4.79 Å². The highest BCUT2D eigenvalue weighted by Gasteiger charge is 2.16. The van der Waals surface area contributed by atoms with E-state index in [1.165, 1.54) is 11.3 Å². The first-order valence-electron chi connectivity index (χ1n) is 6.19. The number of rotatable bonds is 4. The molecule has 2 heterocycles. The van der Waals surface area contributed by atoms with Gasteiger partial charge < -0.3 is 10.3 Å². The Balaban J connectivity index is 1.71. The molecule has 1 amide bonds. The first-order valence-corrected chi connectivity index (χ1v) is 7.38. The second kappa shape index (κ2) is 5.64. The number of aromatic nitrogens is 2. The monoisotopic (exact) mass is 305 g/mol. The first kappa shape index (κ1) is 13.1. The molecule has 0 radical (unpaired) electrons. The molecule has 3 aromatic rings. The predicted molar refractivity (Wildman–Crippen MR) is 81.5 cm³/mol. The summed E-state index contributed by atoms with van der Waals surface area (Å²) >= 11 is 7.67. The highest BCUT2D eigenvalue weighted by atomic mass is 35.5. The van der Waals surface area contributed by atoms with E-state index in [9.17, 15) is 4.79 Å². The minimum absolute atomic E-state index is 0.136. The second-order valence-corrected chi connectivity index (χ2v) is 5.71. The summed E-state index contributed by atoms with van der Waals surface area (Å²) in [6, 6.07) is 7.74. The van der Waals surface area contributed by atoms with Crippen molar-refractivity contribution in [1.82, 2.24) is 15.3 Å². The van der Waals surface area contributed by atoms with Gasteiger partial charge in [0, 0.05) is 35.4 Å². The van der Waals surface area contributed by atoms with Crippen LogP contribution in [0.3, 0.4) is 0 Å². The third-order valence-electron chi connectivity index (χ3n) is 2.94. The number of benzene rings is 1. The van der Waals surface area contributed by atoms with Crippen LogP contribution in [0.4, 0.5) is 0 Å². The molecule has 2 N–H and O–H groups in total. The molecule has 0 spiro atoms. The Morgan fingerprint density at radius 2 is 2.25 bits per heavy atom. The van der Waals surface area contributed by atoms with Crippen LogP contribution in [0.2, 0.25) is 5.02 Å². The zero-order valence-electron chi connectivity index (χ0n) is 10.5. The zero-order chi connectivity index (χ0) is 13.9. The normalized spacial score (nSPS) is 10.8. The van der Waals surface area contributed by atoms with E-state index in [0.717, 1.165) is 15.9 Å². The average Bonchev–Trinajstić information content (AvgIpc) is 3.08. The van der Waals surface area contributed by atoms with Gasteiger partial charge in [0.2, 0.25) is 0 Å². The fourth-order valence-electron chi connectivity index (χ4n) is 1.97. The Kier molecular flexibility index (Phi) is 3.71. The van der Waals surface area contributed by atoms with Crippen molar-refractivity contribution in [2.45, 2.75) is 6.42 Å². The van der Waals surface area contributed by atoms with Gasteiger partial charge >= 0.3 is 0 Å². The van der Waals surface area contributed by atoms with E-state index in [-0.39, 0.29) is 5.91 Å². The number of halogens is 1. The smallest absolute Gasteiger partial charge is 0.262 e. The molecule has 2 aromatic heterocycles. The summed E-state index contributed by atoms with van der Waals surface area (Å²) in [6.07, 6.45) is 4.13. The molecule has 0 aliphatic carbocycles. The van der Waals surface area contributed by atoms with Gasteiger partial charge in [0.1, 0.15) is 10.7 Å². The number of carbonyl (C=O) groups excluding carboxylic acids is 1. The molecule has 0 bridgehead atoms. The van der Waals surface area contributed by atoms with E-state index in [0.29, 0.717) is 22.9 Å². The quantitative estimate of drug-likeness (QED) is 0.777. The molecule has 0 aliphatic rings. The number of amides is 1. The summed E-state index contributed by atoms with van der Waals surface area (Å²) in [5.74, 6) is 0.718. The largest absolute Gasteiger partial charge is 0.351 e. The summed E-state index contributed by atoms with van der Waals surface area (Å²) in [7, 11) is 0. The standard InChI is InChI=1S/C14H12ClN3OS/c15-12-9-3-1-2-4-10(9)20-13(12)14(19)18-6-5-11-16-7-8-17-11/h1-4,7-8H,5-6H2,(H,16,17)(H,18,19). The fourth-order valence-corrected chi connectivity index (χ4v) is 3.40. The van der Waals surface area contributed by atoms with Gasteiger partial charge in [-0.2, -0.15) is 0 Å². The van der Waals surface area contributed by atoms with Crippen molar-refractivity contribution in [3.05, 3.63) is 52.4 Å². The Labute approximate surface area is 124 Å². The summed E-state index contributed by atoms with van der Waals surface area (Å²) in [6.45, 7) is 0.525. The number of fused-ring (bicyclic) bond motifs is 1. The Morgan fingerprint density at radius 3 is 3.00 bits per heavy atom. The van der Waals surface area contributed by atoms with Crippen molar-refractivity contribution >= 4 is 38.9 Å². The van der Waals surface area contributed by atoms with Crippen LogP contribution in [0.25, 0.3) is 10.1 Å². The van der Waals surface area contributed by atoms with Gasteiger partial charge in [-0.25, -0.2) is 4.98 Å². The number of carbonyl (C=O) groups is 1. The van der Waals surface area contributed by atoms with E-state index in [1.807, 2.05) is 24.3 Å². The Hall–Kier alpha value is -1.85. The second-order valence-electron chi connectivity index (χ2n) is 4.28. The van der Waals surface area contributed by atoms with E-state index < -0.39 is 0 Å². The van der Waals surface area contributed by atoms with Crippen LogP contribution < -0.4 is 5.32 Å². The summed E-state index contributed by atoms with van der Waals surface area (Å²) in [5.41, 5.74) is 0. The summed E-state index contributed by atoms with van der Waals surface area (Å²) in [4.78, 5) is 19.8. The number of hydrogen-bond acceptors (Lipinski definition) is 3. The number of H-pyrrole nitrogens is 1. The van der Waals surface area contributed by atoms with E-state index in [1.54, 1.807) is 12.4 Å². The van der Waals surface area contributed by atoms with Crippen molar-refractivity contribution < 1.29 is 4.79 Å². The van der Waals surface area contributed by atoms with Gasteiger partial charge in [-0.15, -0.1) is 11.3 Å². The highest BCUT2D eigenvalue weighted by molar-refractivity contribution is 7.21. The number of aromatic amines is 1. The Bertz CT molecular complexity index is 736. The fraction of sp³-hybridized carbons (Fsp3) is 0.143. The van der Waals surface area contributed by atoms with E-state index in [2.05, 4.69) is 15.3 Å². The lowest BCUT2D eigenvalue weighted by Gasteiger charge is -2.02. The number of hydrogen-bond donors (Lipinski definition) is 2. The molecule has 0 atom stereocenters. The molecule has 3 rings (SSSR count). The van der Waals surface area contributed by atoms with Gasteiger partial charge in [0.25, 0.3) is 5.91 Å². The lowest BCUT2D eigenvalue weighted by molar-refractivity contribution is 0.0958.